The van der Waals surface area contributed by atoms with Crippen LogP contribution in [0.2, 0.25) is 5.02 Å². The second-order valence-electron chi connectivity index (χ2n) is 8.12. The molecule has 0 atom stereocenters. The minimum Gasteiger partial charge on any atom is -0.351 e. The van der Waals surface area contributed by atoms with E-state index >= 15 is 0 Å². The smallest absolute Gasteiger partial charge is 0.155 e. The van der Waals surface area contributed by atoms with Gasteiger partial charge in [-0.25, -0.2) is 9.97 Å². The number of anilines is 1. The average molecular weight is 456 g/mol. The molecule has 164 valence electrons. The third-order valence-electron chi connectivity index (χ3n) is 5.67. The Kier molecular flexibility index (Phi) is 5.84. The minimum absolute atomic E-state index is 0.138. The highest BCUT2D eigenvalue weighted by atomic mass is 35.5. The van der Waals surface area contributed by atoms with Gasteiger partial charge in [-0.1, -0.05) is 35.9 Å². The monoisotopic (exact) mass is 455 g/mol. The average Bonchev–Trinajstić information content (AvgIpc) is 2.83. The van der Waals surface area contributed by atoms with Crippen molar-refractivity contribution in [2.75, 3.05) is 18.0 Å². The highest BCUT2D eigenvalue weighted by molar-refractivity contribution is 6.31. The number of nitrogens with zero attached hydrogens (tertiary/aromatic N) is 5. The molecule has 0 saturated heterocycles. The number of fused-ring (bicyclic) bond motifs is 1. The van der Waals surface area contributed by atoms with Crippen molar-refractivity contribution in [1.29, 1.82) is 0 Å². The van der Waals surface area contributed by atoms with Gasteiger partial charge in [-0.15, -0.1) is 0 Å². The Balaban J connectivity index is 1.41. The minimum atomic E-state index is 0.138. The van der Waals surface area contributed by atoms with E-state index in [1.807, 2.05) is 48.7 Å². The van der Waals surface area contributed by atoms with Gasteiger partial charge in [-0.05, 0) is 48.7 Å². The number of ketones is 1. The molecule has 33 heavy (non-hydrogen) atoms. The molecule has 0 fully saturated rings. The van der Waals surface area contributed by atoms with Crippen molar-refractivity contribution in [1.82, 2.24) is 19.9 Å². The Morgan fingerprint density at radius 3 is 2.76 bits per heavy atom. The molecule has 4 aromatic rings. The van der Waals surface area contributed by atoms with Crippen LogP contribution in [-0.4, -0.2) is 38.8 Å². The molecule has 2 aromatic carbocycles. The van der Waals surface area contributed by atoms with Gasteiger partial charge in [-0.3, -0.25) is 14.8 Å². The van der Waals surface area contributed by atoms with E-state index in [1.165, 1.54) is 0 Å². The molecule has 0 unspecified atom stereocenters. The maximum Gasteiger partial charge on any atom is 0.155 e. The van der Waals surface area contributed by atoms with Crippen LogP contribution < -0.4 is 4.90 Å². The van der Waals surface area contributed by atoms with Gasteiger partial charge in [0, 0.05) is 42.5 Å². The van der Waals surface area contributed by atoms with Gasteiger partial charge in [0.15, 0.2) is 5.82 Å². The molecular weight excluding hydrogens is 434 g/mol. The largest absolute Gasteiger partial charge is 0.351 e. The number of aromatic nitrogens is 4. The Morgan fingerprint density at radius 1 is 1.06 bits per heavy atom. The van der Waals surface area contributed by atoms with Gasteiger partial charge in [0.2, 0.25) is 0 Å². The molecule has 0 bridgehead atoms. The molecule has 0 N–H and O–H groups in total. The fraction of sp³-hybridized carbons (Fsp3) is 0.192. The number of hydrogen-bond acceptors (Lipinski definition) is 6. The van der Waals surface area contributed by atoms with Crippen LogP contribution in [0.15, 0.2) is 67.1 Å². The SMILES string of the molecule is CC(=O)Cc1cccc(-c2nccnc2N2CC=C(c3cnc4ccc(Cl)cc4n3)CC2)c1. The molecule has 0 saturated carbocycles. The van der Waals surface area contributed by atoms with E-state index in [9.17, 15) is 4.79 Å². The highest BCUT2D eigenvalue weighted by Gasteiger charge is 2.20. The first-order chi connectivity index (χ1) is 16.1. The Morgan fingerprint density at radius 2 is 1.94 bits per heavy atom. The van der Waals surface area contributed by atoms with E-state index in [0.717, 1.165) is 57.9 Å². The van der Waals surface area contributed by atoms with Crippen LogP contribution >= 0.6 is 11.6 Å². The van der Waals surface area contributed by atoms with Gasteiger partial charge in [-0.2, -0.15) is 0 Å². The molecule has 6 nitrogen and oxygen atoms in total. The fourth-order valence-corrected chi connectivity index (χ4v) is 4.28. The standard InChI is InChI=1S/C26H22ClN5O/c1-17(33)13-18-3-2-4-20(14-18)25-26(29-10-9-28-25)32-11-7-19(8-12-32)24-16-30-22-6-5-21(27)15-23(22)31-24/h2-7,9-10,14-16H,8,11-13H2,1H3. The van der Waals surface area contributed by atoms with Gasteiger partial charge in [0.25, 0.3) is 0 Å². The molecule has 7 heteroatoms. The maximum atomic E-state index is 11.6. The van der Waals surface area contributed by atoms with Crippen molar-refractivity contribution < 1.29 is 4.79 Å². The lowest BCUT2D eigenvalue weighted by molar-refractivity contribution is -0.116. The summed E-state index contributed by atoms with van der Waals surface area (Å²) >= 11 is 6.12. The van der Waals surface area contributed by atoms with E-state index in [4.69, 9.17) is 16.6 Å². The second-order valence-corrected chi connectivity index (χ2v) is 8.56. The van der Waals surface area contributed by atoms with Gasteiger partial charge >= 0.3 is 0 Å². The van der Waals surface area contributed by atoms with Gasteiger partial charge in [0.05, 0.1) is 22.9 Å². The zero-order valence-corrected chi connectivity index (χ0v) is 19.0. The van der Waals surface area contributed by atoms with E-state index < -0.39 is 0 Å². The summed E-state index contributed by atoms with van der Waals surface area (Å²) in [6, 6.07) is 13.5. The summed E-state index contributed by atoms with van der Waals surface area (Å²) in [4.78, 5) is 32.3. The summed E-state index contributed by atoms with van der Waals surface area (Å²) in [6.07, 6.45) is 8.66. The number of halogens is 1. The summed E-state index contributed by atoms with van der Waals surface area (Å²) in [6.45, 7) is 3.09. The first-order valence-corrected chi connectivity index (χ1v) is 11.2. The van der Waals surface area contributed by atoms with E-state index in [-0.39, 0.29) is 5.78 Å². The molecule has 0 aliphatic carbocycles. The first-order valence-electron chi connectivity index (χ1n) is 10.8. The Bertz CT molecular complexity index is 1380. The summed E-state index contributed by atoms with van der Waals surface area (Å²) in [5.74, 6) is 0.975. The lowest BCUT2D eigenvalue weighted by atomic mass is 10.0. The Labute approximate surface area is 197 Å². The topological polar surface area (TPSA) is 71.9 Å². The lowest BCUT2D eigenvalue weighted by Crippen LogP contribution is -2.30. The Hall–Kier alpha value is -3.64. The third kappa shape index (κ3) is 4.61. The lowest BCUT2D eigenvalue weighted by Gasteiger charge is -2.28. The molecule has 1 aliphatic heterocycles. The van der Waals surface area contributed by atoms with Crippen molar-refractivity contribution in [3.05, 3.63) is 83.4 Å². The van der Waals surface area contributed by atoms with Crippen molar-refractivity contribution in [2.24, 2.45) is 0 Å². The van der Waals surface area contributed by atoms with Crippen molar-refractivity contribution in [3.63, 3.8) is 0 Å². The van der Waals surface area contributed by atoms with E-state index in [2.05, 4.69) is 25.9 Å². The van der Waals surface area contributed by atoms with Crippen LogP contribution in [0.1, 0.15) is 24.6 Å². The van der Waals surface area contributed by atoms with Crippen molar-refractivity contribution in [3.8, 4) is 11.3 Å². The quantitative estimate of drug-likeness (QED) is 0.413. The van der Waals surface area contributed by atoms with E-state index in [0.29, 0.717) is 18.0 Å². The van der Waals surface area contributed by atoms with Crippen LogP contribution in [0.25, 0.3) is 27.9 Å². The first kappa shape index (κ1) is 21.2. The fourth-order valence-electron chi connectivity index (χ4n) is 4.12. The number of carbonyl (C=O) groups excluding carboxylic acids is 1. The molecule has 0 spiro atoms. The third-order valence-corrected chi connectivity index (χ3v) is 5.91. The molecule has 3 heterocycles. The molecule has 0 radical (unpaired) electrons. The summed E-state index contributed by atoms with van der Waals surface area (Å²) in [5, 5.41) is 0.653. The molecule has 5 rings (SSSR count). The summed E-state index contributed by atoms with van der Waals surface area (Å²) in [5.41, 5.74) is 6.42. The number of rotatable bonds is 5. The van der Waals surface area contributed by atoms with Crippen LogP contribution in [0.5, 0.6) is 0 Å². The van der Waals surface area contributed by atoms with Crippen molar-refractivity contribution >= 4 is 39.8 Å². The molecule has 0 amide bonds. The molecule has 2 aromatic heterocycles. The van der Waals surface area contributed by atoms with Gasteiger partial charge < -0.3 is 4.90 Å². The van der Waals surface area contributed by atoms with Gasteiger partial charge in [0.1, 0.15) is 11.5 Å². The number of Topliss-reactive ketones (excluding diaryl/α,β-unsaturated/α-hetero) is 1. The summed E-state index contributed by atoms with van der Waals surface area (Å²) in [7, 11) is 0. The molecule has 1 aliphatic rings. The van der Waals surface area contributed by atoms with Crippen LogP contribution in [0.3, 0.4) is 0 Å². The zero-order chi connectivity index (χ0) is 22.8. The van der Waals surface area contributed by atoms with E-state index in [1.54, 1.807) is 19.3 Å². The summed E-state index contributed by atoms with van der Waals surface area (Å²) < 4.78 is 0. The van der Waals surface area contributed by atoms with Crippen LogP contribution in [-0.2, 0) is 11.2 Å². The number of carbonyl (C=O) groups is 1. The van der Waals surface area contributed by atoms with Crippen molar-refractivity contribution in [2.45, 2.75) is 19.8 Å². The van der Waals surface area contributed by atoms with Crippen LogP contribution in [0.4, 0.5) is 5.82 Å². The number of benzene rings is 2. The maximum absolute atomic E-state index is 11.6. The second kappa shape index (κ2) is 9.08. The zero-order valence-electron chi connectivity index (χ0n) is 18.2. The van der Waals surface area contributed by atoms with Crippen LogP contribution in [0, 0.1) is 0 Å². The normalized spacial score (nSPS) is 13.8. The number of hydrogen-bond donors (Lipinski definition) is 0. The highest BCUT2D eigenvalue weighted by Crippen LogP contribution is 2.31. The molecular formula is C26H22ClN5O. The predicted octanol–water partition coefficient (Wildman–Crippen LogP) is 5.17. The predicted molar refractivity (Wildman–Crippen MR) is 131 cm³/mol.